The van der Waals surface area contributed by atoms with E-state index >= 15 is 0 Å². The van der Waals surface area contributed by atoms with E-state index in [9.17, 15) is 28.4 Å². The Hall–Kier alpha value is -0.700. The molecule has 8 nitrogen and oxygen atoms in total. The summed E-state index contributed by atoms with van der Waals surface area (Å²) in [4.78, 5) is 13.4. The normalized spacial score (nSPS) is 36.7. The Balaban J connectivity index is 0.00000127. The maximum atomic E-state index is 13.4. The van der Waals surface area contributed by atoms with Gasteiger partial charge < -0.3 is 35.4 Å². The van der Waals surface area contributed by atoms with Gasteiger partial charge in [0.2, 0.25) is 5.91 Å². The fraction of sp³-hybridized carbons (Fsp3) is 0.720. The summed E-state index contributed by atoms with van der Waals surface area (Å²) in [5.74, 6) is -0.277. The predicted molar refractivity (Wildman–Crippen MR) is 145 cm³/mol. The molecule has 0 aromatic heterocycles. The maximum absolute atomic E-state index is 13.4. The minimum atomic E-state index is -1.43. The van der Waals surface area contributed by atoms with Crippen molar-refractivity contribution in [1.82, 2.24) is 10.6 Å². The number of nitrogens with one attached hydrogen (secondary N) is 2. The van der Waals surface area contributed by atoms with Gasteiger partial charge in [-0.1, -0.05) is 12.1 Å². The molecule has 3 fully saturated rings. The van der Waals surface area contributed by atoms with Crippen molar-refractivity contribution in [2.45, 2.75) is 79.1 Å². The van der Waals surface area contributed by atoms with Crippen molar-refractivity contribution in [3.8, 4) is 0 Å². The highest BCUT2D eigenvalue weighted by Crippen LogP contribution is 2.36. The van der Waals surface area contributed by atoms with Crippen LogP contribution in [0.4, 0.5) is 8.28 Å². The van der Waals surface area contributed by atoms with Gasteiger partial charge >= 0.3 is 0 Å². The van der Waals surface area contributed by atoms with E-state index in [2.05, 4.69) is 10.6 Å². The zero-order chi connectivity index (χ0) is 28.0. The van der Waals surface area contributed by atoms with Crippen LogP contribution in [-0.4, -0.2) is 100 Å². The van der Waals surface area contributed by atoms with Crippen LogP contribution in [0.15, 0.2) is 24.3 Å². The lowest BCUT2D eigenvalue weighted by atomic mass is 9.85. The van der Waals surface area contributed by atoms with E-state index in [1.807, 2.05) is 12.1 Å². The van der Waals surface area contributed by atoms with Crippen LogP contribution >= 0.6 is 35.5 Å². The number of aliphatic hydroxyl groups excluding tert-OH is 3. The molecule has 0 spiro atoms. The Labute approximate surface area is 235 Å². The van der Waals surface area contributed by atoms with Crippen molar-refractivity contribution in [3.05, 3.63) is 35.6 Å². The summed E-state index contributed by atoms with van der Waals surface area (Å²) in [5.41, 5.74) is 0.294. The van der Waals surface area contributed by atoms with Gasteiger partial charge in [0.15, 0.2) is 0 Å². The lowest BCUT2D eigenvalue weighted by molar-refractivity contribution is -0.205. The number of rotatable bonds is 6. The summed E-state index contributed by atoms with van der Waals surface area (Å²) in [7, 11) is 0. The van der Waals surface area contributed by atoms with Crippen LogP contribution in [0.3, 0.4) is 0 Å². The average Bonchev–Trinajstić information content (AvgIpc) is 3.17. The summed E-state index contributed by atoms with van der Waals surface area (Å²) in [6, 6.07) is 5.12. The molecule has 3 saturated heterocycles. The van der Waals surface area contributed by atoms with Gasteiger partial charge in [0, 0.05) is 37.5 Å². The molecule has 2 unspecified atom stereocenters. The third-order valence-electron chi connectivity index (χ3n) is 7.38. The average molecular weight is 599 g/mol. The number of hydrogen-bond acceptors (Lipinski definition) is 9. The molecular formula is C25H37ClF2N2O6S2. The third kappa shape index (κ3) is 7.52. The lowest BCUT2D eigenvalue weighted by Gasteiger charge is -2.44. The number of ether oxygens (including phenoxy) is 2. The molecule has 3 heterocycles. The number of carbonyl (C=O) groups excluding carboxylic acids is 1. The number of benzene rings is 1. The lowest BCUT2D eigenvalue weighted by Crippen LogP contribution is -2.65. The molecule has 1 amide bonds. The topological polar surface area (TPSA) is 120 Å². The minimum absolute atomic E-state index is 0.101. The number of carbonyl (C=O) groups is 1. The Morgan fingerprint density at radius 3 is 2.45 bits per heavy atom. The zero-order valence-electron chi connectivity index (χ0n) is 21.5. The van der Waals surface area contributed by atoms with Crippen molar-refractivity contribution < 1.29 is 37.9 Å². The van der Waals surface area contributed by atoms with Gasteiger partial charge in [-0.25, -0.2) is 4.39 Å². The number of fused-ring (bicyclic) bond motifs is 1. The van der Waals surface area contributed by atoms with Crippen LogP contribution in [0.25, 0.3) is 0 Å². The summed E-state index contributed by atoms with van der Waals surface area (Å²) < 4.78 is 35.5. The Kier molecular flexibility index (Phi) is 12.4. The van der Waals surface area contributed by atoms with E-state index in [4.69, 9.17) is 21.1 Å². The first kappa shape index (κ1) is 31.8. The van der Waals surface area contributed by atoms with E-state index in [-0.39, 0.29) is 41.8 Å². The first-order valence-electron chi connectivity index (χ1n) is 12.5. The van der Waals surface area contributed by atoms with E-state index in [1.54, 1.807) is 13.2 Å². The SMILES string of the molecule is CSC1O[C@H]([C@H](NC(=O)[C@H]2NC[C@@H]3C[C@@H](c4ccc(F)cc4)CCO[C@H]32)[C@H](C)Cl)C(O)[C@@H](O)[C@H]1O.CSF. The molecule has 3 aliphatic rings. The number of amides is 1. The monoisotopic (exact) mass is 598 g/mol. The second-order valence-electron chi connectivity index (χ2n) is 9.80. The molecular weight excluding hydrogens is 562 g/mol. The zero-order valence-corrected chi connectivity index (χ0v) is 23.9. The summed E-state index contributed by atoms with van der Waals surface area (Å²) in [6.07, 6.45) is -0.757. The number of aliphatic hydroxyl groups is 3. The highest BCUT2D eigenvalue weighted by Gasteiger charge is 2.49. The van der Waals surface area contributed by atoms with Crippen molar-refractivity contribution in [3.63, 3.8) is 0 Å². The molecule has 11 atom stereocenters. The Morgan fingerprint density at radius 2 is 1.84 bits per heavy atom. The molecule has 0 radical (unpaired) electrons. The molecule has 0 bridgehead atoms. The molecule has 38 heavy (non-hydrogen) atoms. The predicted octanol–water partition coefficient (Wildman–Crippen LogP) is 2.19. The van der Waals surface area contributed by atoms with Crippen LogP contribution in [0, 0.1) is 11.7 Å². The van der Waals surface area contributed by atoms with Gasteiger partial charge in [-0.15, -0.1) is 23.4 Å². The fourth-order valence-electron chi connectivity index (χ4n) is 5.42. The van der Waals surface area contributed by atoms with E-state index in [0.717, 1.165) is 18.4 Å². The maximum Gasteiger partial charge on any atom is 0.240 e. The third-order valence-corrected chi connectivity index (χ3v) is 8.50. The van der Waals surface area contributed by atoms with Crippen LogP contribution in [0.1, 0.15) is 31.2 Å². The molecule has 5 N–H and O–H groups in total. The van der Waals surface area contributed by atoms with Gasteiger partial charge in [0.1, 0.15) is 41.7 Å². The highest BCUT2D eigenvalue weighted by molar-refractivity contribution is 7.99. The van der Waals surface area contributed by atoms with Gasteiger partial charge in [-0.3, -0.25) is 4.79 Å². The van der Waals surface area contributed by atoms with Gasteiger partial charge in [-0.2, -0.15) is 3.89 Å². The molecule has 4 rings (SSSR count). The standard InChI is InChI=1S/C24H34ClFN2O6S.CH3FS/c1-11(25)16(22-19(30)18(29)20(31)24(34-22)35-2)28-23(32)17-21-14(10-27-17)9-13(7-8-33-21)12-3-5-15(26)6-4-12;1-3-2/h3-6,11,13-14,16-22,24,27,29-31H,7-10H2,1-2H3,(H,28,32);1H3/t11-,13-,14-,16+,17-,18+,19?,20+,21+,22+,24?;/m0./s1. The first-order chi connectivity index (χ1) is 18.1. The van der Waals surface area contributed by atoms with Crippen molar-refractivity contribution in [2.24, 2.45) is 5.92 Å². The molecule has 13 heteroatoms. The van der Waals surface area contributed by atoms with E-state index < -0.39 is 47.3 Å². The molecule has 216 valence electrons. The molecule has 1 aromatic rings. The first-order valence-corrected chi connectivity index (χ1v) is 15.4. The van der Waals surface area contributed by atoms with Gasteiger partial charge in [0.25, 0.3) is 0 Å². The molecule has 3 aliphatic heterocycles. The molecule has 0 saturated carbocycles. The number of hydrogen-bond donors (Lipinski definition) is 5. The van der Waals surface area contributed by atoms with Crippen LogP contribution < -0.4 is 10.6 Å². The van der Waals surface area contributed by atoms with Crippen LogP contribution in [-0.2, 0) is 14.3 Å². The minimum Gasteiger partial charge on any atom is -0.388 e. The summed E-state index contributed by atoms with van der Waals surface area (Å²) >= 11 is 7.85. The van der Waals surface area contributed by atoms with Crippen molar-refractivity contribution in [2.75, 3.05) is 25.7 Å². The van der Waals surface area contributed by atoms with Gasteiger partial charge in [0.05, 0.1) is 17.5 Å². The number of alkyl halides is 1. The fourth-order valence-corrected chi connectivity index (χ4v) is 6.31. The summed E-state index contributed by atoms with van der Waals surface area (Å²) in [5, 5.41) is 36.6. The van der Waals surface area contributed by atoms with Gasteiger partial charge in [-0.05, 0) is 49.6 Å². The van der Waals surface area contributed by atoms with Crippen LogP contribution in [0.2, 0.25) is 0 Å². The second kappa shape index (κ2) is 14.8. The highest BCUT2D eigenvalue weighted by atomic mass is 35.5. The van der Waals surface area contributed by atoms with Crippen molar-refractivity contribution in [1.29, 1.82) is 0 Å². The summed E-state index contributed by atoms with van der Waals surface area (Å²) in [6.45, 7) is 2.76. The van der Waals surface area contributed by atoms with Crippen LogP contribution in [0.5, 0.6) is 0 Å². The largest absolute Gasteiger partial charge is 0.388 e. The number of halogens is 3. The second-order valence-corrected chi connectivity index (χ2v) is 11.7. The van der Waals surface area contributed by atoms with E-state index in [1.165, 1.54) is 30.2 Å². The quantitative estimate of drug-likeness (QED) is 0.314. The smallest absolute Gasteiger partial charge is 0.240 e. The molecule has 0 aliphatic carbocycles. The Morgan fingerprint density at radius 1 is 1.18 bits per heavy atom. The Bertz CT molecular complexity index is 890. The van der Waals surface area contributed by atoms with E-state index in [0.29, 0.717) is 13.2 Å². The van der Waals surface area contributed by atoms with Crippen molar-refractivity contribution >= 4 is 41.4 Å². The number of thioether (sulfide) groups is 1. The molecule has 1 aromatic carbocycles.